The van der Waals surface area contributed by atoms with Crippen molar-refractivity contribution in [1.29, 1.82) is 0 Å². The van der Waals surface area contributed by atoms with Crippen LogP contribution in [0.4, 0.5) is 0 Å². The maximum Gasteiger partial charge on any atom is 0.226 e. The van der Waals surface area contributed by atoms with E-state index in [1.54, 1.807) is 0 Å². The summed E-state index contributed by atoms with van der Waals surface area (Å²) in [6, 6.07) is 0. The van der Waals surface area contributed by atoms with E-state index in [9.17, 15) is 4.79 Å². The van der Waals surface area contributed by atoms with E-state index in [1.807, 2.05) is 11.8 Å². The average molecular weight is 268 g/mol. The molecule has 1 aliphatic heterocycles. The predicted octanol–water partition coefficient (Wildman–Crippen LogP) is 1.78. The van der Waals surface area contributed by atoms with Gasteiger partial charge in [0, 0.05) is 25.6 Å². The first kappa shape index (κ1) is 14.8. The van der Waals surface area contributed by atoms with Gasteiger partial charge < -0.3 is 15.4 Å². The summed E-state index contributed by atoms with van der Waals surface area (Å²) in [5.74, 6) is 0.489. The average Bonchev–Trinajstić information content (AvgIpc) is 2.36. The number of amides is 1. The lowest BCUT2D eigenvalue weighted by molar-refractivity contribution is -0.153. The van der Waals surface area contributed by atoms with E-state index in [0.29, 0.717) is 25.5 Å². The highest BCUT2D eigenvalue weighted by Crippen LogP contribution is 2.41. The Balaban J connectivity index is 2.05. The van der Waals surface area contributed by atoms with Crippen LogP contribution in [0.1, 0.15) is 46.5 Å². The summed E-state index contributed by atoms with van der Waals surface area (Å²) in [7, 11) is 0. The van der Waals surface area contributed by atoms with Crippen molar-refractivity contribution in [2.24, 2.45) is 17.1 Å². The van der Waals surface area contributed by atoms with Crippen molar-refractivity contribution in [2.75, 3.05) is 19.6 Å². The van der Waals surface area contributed by atoms with Gasteiger partial charge in [0.25, 0.3) is 0 Å². The van der Waals surface area contributed by atoms with E-state index in [1.165, 1.54) is 12.8 Å². The van der Waals surface area contributed by atoms with Crippen LogP contribution in [0.2, 0.25) is 0 Å². The topological polar surface area (TPSA) is 55.6 Å². The molecule has 1 heterocycles. The zero-order valence-corrected chi connectivity index (χ0v) is 12.5. The molecular weight excluding hydrogens is 240 g/mol. The van der Waals surface area contributed by atoms with E-state index in [2.05, 4.69) is 13.8 Å². The van der Waals surface area contributed by atoms with Crippen LogP contribution in [-0.4, -0.2) is 42.6 Å². The first-order valence-electron chi connectivity index (χ1n) is 7.58. The first-order valence-corrected chi connectivity index (χ1v) is 7.58. The number of ether oxygens (including phenoxy) is 1. The molecule has 2 aliphatic rings. The zero-order chi connectivity index (χ0) is 14.0. The number of nitrogens with zero attached hydrogens (tertiary/aromatic N) is 1. The fourth-order valence-corrected chi connectivity index (χ4v) is 3.53. The van der Waals surface area contributed by atoms with Gasteiger partial charge in [-0.2, -0.15) is 0 Å². The number of carbonyl (C=O) groups is 1. The summed E-state index contributed by atoms with van der Waals surface area (Å²) < 4.78 is 5.74. The Morgan fingerprint density at radius 1 is 1.37 bits per heavy atom. The molecule has 1 saturated carbocycles. The minimum atomic E-state index is -0.000553. The maximum atomic E-state index is 12.8. The van der Waals surface area contributed by atoms with Crippen molar-refractivity contribution in [3.63, 3.8) is 0 Å². The second-order valence-electron chi connectivity index (χ2n) is 6.83. The van der Waals surface area contributed by atoms with Crippen molar-refractivity contribution < 1.29 is 9.53 Å². The van der Waals surface area contributed by atoms with Crippen molar-refractivity contribution in [3.8, 4) is 0 Å². The van der Waals surface area contributed by atoms with Gasteiger partial charge in [-0.15, -0.1) is 0 Å². The van der Waals surface area contributed by atoms with Crippen molar-refractivity contribution in [1.82, 2.24) is 4.90 Å². The molecule has 2 fully saturated rings. The Hall–Kier alpha value is -0.610. The molecule has 2 rings (SSSR count). The van der Waals surface area contributed by atoms with E-state index in [0.717, 1.165) is 12.8 Å². The summed E-state index contributed by atoms with van der Waals surface area (Å²) in [5, 5.41) is 0. The van der Waals surface area contributed by atoms with E-state index in [4.69, 9.17) is 10.5 Å². The fourth-order valence-electron chi connectivity index (χ4n) is 3.53. The van der Waals surface area contributed by atoms with Crippen molar-refractivity contribution >= 4 is 5.91 Å². The molecule has 110 valence electrons. The van der Waals surface area contributed by atoms with Crippen LogP contribution in [0.15, 0.2) is 0 Å². The minimum absolute atomic E-state index is 0.000553. The molecule has 4 heteroatoms. The molecule has 3 atom stereocenters. The Kier molecular flexibility index (Phi) is 4.51. The number of carbonyl (C=O) groups excluding carboxylic acids is 1. The molecule has 0 aromatic rings. The Labute approximate surface area is 116 Å². The number of morpholine rings is 1. The third kappa shape index (κ3) is 3.29. The molecule has 0 radical (unpaired) electrons. The van der Waals surface area contributed by atoms with Crippen LogP contribution in [-0.2, 0) is 9.53 Å². The predicted molar refractivity (Wildman–Crippen MR) is 75.7 cm³/mol. The summed E-state index contributed by atoms with van der Waals surface area (Å²) >= 11 is 0. The van der Waals surface area contributed by atoms with Gasteiger partial charge in [0.2, 0.25) is 5.91 Å². The summed E-state index contributed by atoms with van der Waals surface area (Å²) in [4.78, 5) is 14.8. The normalized spacial score (nSPS) is 35.2. The first-order chi connectivity index (χ1) is 8.94. The highest BCUT2D eigenvalue weighted by atomic mass is 16.5. The minimum Gasteiger partial charge on any atom is -0.370 e. The quantitative estimate of drug-likeness (QED) is 0.830. The number of nitrogens with two attached hydrogens (primary N) is 1. The Bertz CT molecular complexity index is 330. The smallest absolute Gasteiger partial charge is 0.226 e. The lowest BCUT2D eigenvalue weighted by Gasteiger charge is -2.43. The monoisotopic (exact) mass is 268 g/mol. The lowest BCUT2D eigenvalue weighted by atomic mass is 9.68. The van der Waals surface area contributed by atoms with Gasteiger partial charge >= 0.3 is 0 Å². The summed E-state index contributed by atoms with van der Waals surface area (Å²) in [6.07, 6.45) is 4.72. The molecule has 2 N–H and O–H groups in total. The number of rotatable bonds is 2. The third-order valence-corrected chi connectivity index (χ3v) is 4.71. The second kappa shape index (κ2) is 5.80. The van der Waals surface area contributed by atoms with Crippen LogP contribution in [0.3, 0.4) is 0 Å². The lowest BCUT2D eigenvalue weighted by Crippen LogP contribution is -2.54. The van der Waals surface area contributed by atoms with Crippen LogP contribution in [0.5, 0.6) is 0 Å². The van der Waals surface area contributed by atoms with Crippen molar-refractivity contribution in [2.45, 2.75) is 58.7 Å². The van der Waals surface area contributed by atoms with Gasteiger partial charge in [-0.1, -0.05) is 26.7 Å². The van der Waals surface area contributed by atoms with Gasteiger partial charge in [-0.05, 0) is 25.2 Å². The molecule has 0 bridgehead atoms. The van der Waals surface area contributed by atoms with Crippen LogP contribution < -0.4 is 5.73 Å². The van der Waals surface area contributed by atoms with Crippen LogP contribution in [0.25, 0.3) is 0 Å². The van der Waals surface area contributed by atoms with Gasteiger partial charge in [-0.25, -0.2) is 0 Å². The maximum absolute atomic E-state index is 12.8. The summed E-state index contributed by atoms with van der Waals surface area (Å²) in [5.41, 5.74) is 5.83. The molecule has 3 unspecified atom stereocenters. The van der Waals surface area contributed by atoms with E-state index < -0.39 is 0 Å². The molecule has 0 spiro atoms. The second-order valence-corrected chi connectivity index (χ2v) is 6.83. The van der Waals surface area contributed by atoms with E-state index >= 15 is 0 Å². The van der Waals surface area contributed by atoms with Crippen molar-refractivity contribution in [3.05, 3.63) is 0 Å². The fraction of sp³-hybridized carbons (Fsp3) is 0.933. The van der Waals surface area contributed by atoms with Gasteiger partial charge in [0.05, 0.1) is 12.2 Å². The Morgan fingerprint density at radius 3 is 2.74 bits per heavy atom. The molecule has 1 amide bonds. The Morgan fingerprint density at radius 2 is 2.11 bits per heavy atom. The largest absolute Gasteiger partial charge is 0.370 e. The van der Waals surface area contributed by atoms with Gasteiger partial charge in [0.15, 0.2) is 0 Å². The summed E-state index contributed by atoms with van der Waals surface area (Å²) in [6.45, 7) is 8.35. The zero-order valence-electron chi connectivity index (χ0n) is 12.5. The number of hydrogen-bond donors (Lipinski definition) is 1. The van der Waals surface area contributed by atoms with Crippen LogP contribution >= 0.6 is 0 Å². The molecule has 0 aromatic heterocycles. The van der Waals surface area contributed by atoms with Crippen LogP contribution in [0, 0.1) is 11.3 Å². The number of hydrogen-bond acceptors (Lipinski definition) is 3. The van der Waals surface area contributed by atoms with Gasteiger partial charge in [-0.3, -0.25) is 4.79 Å². The molecule has 1 saturated heterocycles. The molecule has 19 heavy (non-hydrogen) atoms. The SMILES string of the molecule is CC1CN(C(=O)C2CCCCC2(C)C)CC(CN)O1. The third-order valence-electron chi connectivity index (χ3n) is 4.71. The highest BCUT2D eigenvalue weighted by molar-refractivity contribution is 5.80. The van der Waals surface area contributed by atoms with E-state index in [-0.39, 0.29) is 23.5 Å². The highest BCUT2D eigenvalue weighted by Gasteiger charge is 2.40. The van der Waals surface area contributed by atoms with Gasteiger partial charge in [0.1, 0.15) is 0 Å². The molecular formula is C15H28N2O2. The standard InChI is InChI=1S/C15H28N2O2/c1-11-9-17(10-12(8-16)19-11)14(18)13-6-4-5-7-15(13,2)3/h11-13H,4-10,16H2,1-3H3. The molecule has 1 aliphatic carbocycles. The molecule has 4 nitrogen and oxygen atoms in total. The molecule has 0 aromatic carbocycles.